The second-order valence-corrected chi connectivity index (χ2v) is 7.46. The van der Waals surface area contributed by atoms with Gasteiger partial charge in [-0.15, -0.1) is 0 Å². The molecule has 1 atom stereocenters. The van der Waals surface area contributed by atoms with Crippen molar-refractivity contribution >= 4 is 23.3 Å². The van der Waals surface area contributed by atoms with Crippen LogP contribution in [0.25, 0.3) is 0 Å². The summed E-state index contributed by atoms with van der Waals surface area (Å²) in [5, 5.41) is 3.97. The molecule has 1 saturated heterocycles. The largest absolute Gasteiger partial charge is 0.444 e. The standard InChI is InChI=1S/C16H24N2O3S/c1-16(2,3)21-15(20)18-7-5-13(10-18)17(4)14(19)9-12-6-8-22-11-12/h6,8,11,13H,5,7,9-10H2,1-4H3/t13-/m1/s1. The normalized spacial score (nSPS) is 18.4. The van der Waals surface area contributed by atoms with Crippen molar-refractivity contribution in [1.29, 1.82) is 0 Å². The van der Waals surface area contributed by atoms with Crippen molar-refractivity contribution in [2.45, 2.75) is 45.3 Å². The van der Waals surface area contributed by atoms with Crippen LogP contribution in [-0.4, -0.2) is 53.6 Å². The molecule has 5 nitrogen and oxygen atoms in total. The fourth-order valence-corrected chi connectivity index (χ4v) is 3.12. The Hall–Kier alpha value is -1.56. The predicted octanol–water partition coefficient (Wildman–Crippen LogP) is 2.76. The van der Waals surface area contributed by atoms with Crippen molar-refractivity contribution in [1.82, 2.24) is 9.80 Å². The second kappa shape index (κ2) is 6.69. The number of ether oxygens (including phenoxy) is 1. The van der Waals surface area contributed by atoms with Crippen LogP contribution < -0.4 is 0 Å². The minimum absolute atomic E-state index is 0.0682. The van der Waals surface area contributed by atoms with Gasteiger partial charge in [-0.3, -0.25) is 4.79 Å². The molecule has 1 aromatic heterocycles. The predicted molar refractivity (Wildman–Crippen MR) is 87.0 cm³/mol. The summed E-state index contributed by atoms with van der Waals surface area (Å²) in [6, 6.07) is 2.04. The lowest BCUT2D eigenvalue weighted by molar-refractivity contribution is -0.131. The molecule has 1 aliphatic rings. The summed E-state index contributed by atoms with van der Waals surface area (Å²) in [6.45, 7) is 6.75. The molecule has 122 valence electrons. The van der Waals surface area contributed by atoms with E-state index in [1.165, 1.54) is 0 Å². The highest BCUT2D eigenvalue weighted by Crippen LogP contribution is 2.19. The molecule has 0 radical (unpaired) electrons. The first-order valence-electron chi connectivity index (χ1n) is 7.51. The Balaban J connectivity index is 1.86. The number of carbonyl (C=O) groups is 2. The van der Waals surface area contributed by atoms with E-state index >= 15 is 0 Å². The molecule has 1 fully saturated rings. The third kappa shape index (κ3) is 4.47. The zero-order valence-corrected chi connectivity index (χ0v) is 14.5. The maximum Gasteiger partial charge on any atom is 0.410 e. The second-order valence-electron chi connectivity index (χ2n) is 6.68. The minimum atomic E-state index is -0.490. The summed E-state index contributed by atoms with van der Waals surface area (Å²) in [4.78, 5) is 27.8. The van der Waals surface area contributed by atoms with Crippen molar-refractivity contribution in [2.75, 3.05) is 20.1 Å². The maximum atomic E-state index is 12.3. The summed E-state index contributed by atoms with van der Waals surface area (Å²) < 4.78 is 5.38. The van der Waals surface area contributed by atoms with E-state index in [0.717, 1.165) is 12.0 Å². The lowest BCUT2D eigenvalue weighted by Crippen LogP contribution is -2.41. The Bertz CT molecular complexity index is 522. The monoisotopic (exact) mass is 324 g/mol. The molecule has 0 aromatic carbocycles. The molecule has 2 amide bonds. The third-order valence-corrected chi connectivity index (χ3v) is 4.42. The minimum Gasteiger partial charge on any atom is -0.444 e. The summed E-state index contributed by atoms with van der Waals surface area (Å²) in [5.74, 6) is 0.0921. The number of amides is 2. The highest BCUT2D eigenvalue weighted by molar-refractivity contribution is 7.07. The van der Waals surface area contributed by atoms with E-state index in [9.17, 15) is 9.59 Å². The fourth-order valence-electron chi connectivity index (χ4n) is 2.45. The van der Waals surface area contributed by atoms with Crippen LogP contribution in [0.15, 0.2) is 16.8 Å². The number of likely N-dealkylation sites (N-methyl/N-ethyl adjacent to an activating group) is 1. The molecule has 0 unspecified atom stereocenters. The molecule has 22 heavy (non-hydrogen) atoms. The number of hydrogen-bond donors (Lipinski definition) is 0. The van der Waals surface area contributed by atoms with E-state index in [2.05, 4.69) is 0 Å². The zero-order chi connectivity index (χ0) is 16.3. The number of likely N-dealkylation sites (tertiary alicyclic amines) is 1. The first kappa shape index (κ1) is 16.8. The summed E-state index contributed by atoms with van der Waals surface area (Å²) in [5.41, 5.74) is 0.555. The number of carbonyl (C=O) groups excluding carboxylic acids is 2. The van der Waals surface area contributed by atoms with Gasteiger partial charge in [-0.25, -0.2) is 4.79 Å². The Morgan fingerprint density at radius 3 is 2.77 bits per heavy atom. The van der Waals surface area contributed by atoms with Crippen LogP contribution >= 0.6 is 11.3 Å². The van der Waals surface area contributed by atoms with Gasteiger partial charge in [0.2, 0.25) is 5.91 Å². The van der Waals surface area contributed by atoms with Gasteiger partial charge in [0.15, 0.2) is 0 Å². The van der Waals surface area contributed by atoms with Crippen LogP contribution in [0, 0.1) is 0 Å². The van der Waals surface area contributed by atoms with E-state index in [1.54, 1.807) is 21.1 Å². The van der Waals surface area contributed by atoms with E-state index in [4.69, 9.17) is 4.74 Å². The molecule has 2 rings (SSSR count). The molecular formula is C16H24N2O3S. The molecule has 0 spiro atoms. The highest BCUT2D eigenvalue weighted by Gasteiger charge is 2.33. The number of hydrogen-bond acceptors (Lipinski definition) is 4. The van der Waals surface area contributed by atoms with Gasteiger partial charge >= 0.3 is 6.09 Å². The van der Waals surface area contributed by atoms with Crippen LogP contribution in [0.4, 0.5) is 4.79 Å². The van der Waals surface area contributed by atoms with Gasteiger partial charge in [0.1, 0.15) is 5.60 Å². The zero-order valence-electron chi connectivity index (χ0n) is 13.7. The van der Waals surface area contributed by atoms with Crippen LogP contribution in [0.3, 0.4) is 0 Å². The number of nitrogens with zero attached hydrogens (tertiary/aromatic N) is 2. The van der Waals surface area contributed by atoms with Gasteiger partial charge < -0.3 is 14.5 Å². The average Bonchev–Trinajstić information content (AvgIpc) is 3.06. The number of thiophene rings is 1. The van der Waals surface area contributed by atoms with Crippen LogP contribution in [0.1, 0.15) is 32.8 Å². The molecule has 6 heteroatoms. The molecule has 1 aromatic rings. The van der Waals surface area contributed by atoms with Gasteiger partial charge in [0.05, 0.1) is 12.5 Å². The smallest absolute Gasteiger partial charge is 0.410 e. The maximum absolute atomic E-state index is 12.3. The van der Waals surface area contributed by atoms with Crippen LogP contribution in [0.2, 0.25) is 0 Å². The first-order chi connectivity index (χ1) is 10.3. The quantitative estimate of drug-likeness (QED) is 0.859. The fraction of sp³-hybridized carbons (Fsp3) is 0.625. The SMILES string of the molecule is CN(C(=O)Cc1ccsc1)[C@@H]1CCN(C(=O)OC(C)(C)C)C1. The first-order valence-corrected chi connectivity index (χ1v) is 8.45. The molecule has 0 aliphatic carbocycles. The van der Waals surface area contributed by atoms with E-state index < -0.39 is 5.60 Å². The van der Waals surface area contributed by atoms with E-state index in [0.29, 0.717) is 19.5 Å². The topological polar surface area (TPSA) is 49.9 Å². The summed E-state index contributed by atoms with van der Waals surface area (Å²) in [6.07, 6.45) is 0.919. The van der Waals surface area contributed by atoms with Crippen molar-refractivity contribution in [3.05, 3.63) is 22.4 Å². The van der Waals surface area contributed by atoms with E-state index in [-0.39, 0.29) is 18.0 Å². The van der Waals surface area contributed by atoms with Crippen molar-refractivity contribution in [2.24, 2.45) is 0 Å². The summed E-state index contributed by atoms with van der Waals surface area (Å²) >= 11 is 1.59. The van der Waals surface area contributed by atoms with Gasteiger partial charge in [-0.1, -0.05) is 0 Å². The van der Waals surface area contributed by atoms with Crippen molar-refractivity contribution in [3.8, 4) is 0 Å². The van der Waals surface area contributed by atoms with Crippen molar-refractivity contribution in [3.63, 3.8) is 0 Å². The van der Waals surface area contributed by atoms with E-state index in [1.807, 2.05) is 44.6 Å². The Labute approximate surface area is 135 Å². The Morgan fingerprint density at radius 2 is 2.18 bits per heavy atom. The molecule has 0 saturated carbocycles. The highest BCUT2D eigenvalue weighted by atomic mass is 32.1. The average molecular weight is 324 g/mol. The molecule has 0 N–H and O–H groups in total. The molecular weight excluding hydrogens is 300 g/mol. The Morgan fingerprint density at radius 1 is 1.45 bits per heavy atom. The molecule has 1 aliphatic heterocycles. The van der Waals surface area contributed by atoms with Gasteiger partial charge in [0.25, 0.3) is 0 Å². The van der Waals surface area contributed by atoms with Crippen LogP contribution in [0.5, 0.6) is 0 Å². The lowest BCUT2D eigenvalue weighted by atomic mass is 10.2. The Kier molecular flexibility index (Phi) is 5.11. The van der Waals surface area contributed by atoms with Gasteiger partial charge in [-0.05, 0) is 49.6 Å². The third-order valence-electron chi connectivity index (χ3n) is 3.69. The molecule has 0 bridgehead atoms. The number of rotatable bonds is 3. The van der Waals surface area contributed by atoms with Gasteiger partial charge in [0, 0.05) is 20.1 Å². The summed E-state index contributed by atoms with van der Waals surface area (Å²) in [7, 11) is 1.82. The van der Waals surface area contributed by atoms with Crippen LogP contribution in [-0.2, 0) is 16.0 Å². The van der Waals surface area contributed by atoms with Crippen molar-refractivity contribution < 1.29 is 14.3 Å². The lowest BCUT2D eigenvalue weighted by Gasteiger charge is -2.26. The molecule has 2 heterocycles. The van der Waals surface area contributed by atoms with Gasteiger partial charge in [-0.2, -0.15) is 11.3 Å².